The minimum Gasteiger partial charge on any atom is -0.445 e. The highest BCUT2D eigenvalue weighted by Gasteiger charge is 2.39. The van der Waals surface area contributed by atoms with Gasteiger partial charge in [-0.2, -0.15) is 13.2 Å². The van der Waals surface area contributed by atoms with E-state index in [1.54, 1.807) is 11.5 Å². The Morgan fingerprint density at radius 1 is 1.43 bits per heavy atom. The summed E-state index contributed by atoms with van der Waals surface area (Å²) in [6.45, 7) is 1.94. The first-order valence-corrected chi connectivity index (χ1v) is 7.59. The van der Waals surface area contributed by atoms with Gasteiger partial charge in [-0.1, -0.05) is 18.3 Å². The number of rotatable bonds is 5. The molecule has 0 aromatic carbocycles. The summed E-state index contributed by atoms with van der Waals surface area (Å²) in [5.41, 5.74) is 0. The minimum absolute atomic E-state index is 0.0959. The zero-order chi connectivity index (χ0) is 15.5. The molecule has 0 aliphatic rings. The van der Waals surface area contributed by atoms with Gasteiger partial charge in [-0.05, 0) is 0 Å². The number of nitrogens with zero attached hydrogens (tertiary/aromatic N) is 2. The number of anilines is 1. The molecule has 0 atom stereocenters. The number of amides is 1. The number of aryl methyl sites for hydroxylation is 1. The summed E-state index contributed by atoms with van der Waals surface area (Å²) in [6, 6.07) is 0. The lowest BCUT2D eigenvalue weighted by Crippen LogP contribution is -2.29. The van der Waals surface area contributed by atoms with Crippen molar-refractivity contribution in [2.24, 2.45) is 0 Å². The molecule has 0 saturated carbocycles. The molecule has 5 nitrogen and oxygen atoms in total. The molecule has 21 heavy (non-hydrogen) atoms. The first kappa shape index (κ1) is 15.8. The third-order valence-electron chi connectivity index (χ3n) is 2.25. The predicted molar refractivity (Wildman–Crippen MR) is 72.2 cm³/mol. The van der Waals surface area contributed by atoms with Crippen molar-refractivity contribution in [3.63, 3.8) is 0 Å². The number of thioether (sulfide) groups is 1. The zero-order valence-corrected chi connectivity index (χ0v) is 12.4. The molecule has 0 bridgehead atoms. The molecule has 10 heteroatoms. The van der Waals surface area contributed by atoms with Crippen LogP contribution in [-0.2, 0) is 17.0 Å². The topological polar surface area (TPSA) is 68.0 Å². The molecule has 0 fully saturated rings. The maximum atomic E-state index is 12.1. The van der Waals surface area contributed by atoms with Gasteiger partial charge >= 0.3 is 12.1 Å². The first-order chi connectivity index (χ1) is 9.88. The SMILES string of the molecule is CCc1cnc(CSc2cnc(NC(=O)C(F)(F)F)s2)o1. The number of halogens is 3. The van der Waals surface area contributed by atoms with Crippen molar-refractivity contribution in [1.82, 2.24) is 9.97 Å². The molecule has 2 aromatic rings. The van der Waals surface area contributed by atoms with Gasteiger partial charge in [-0.15, -0.1) is 11.8 Å². The van der Waals surface area contributed by atoms with Crippen molar-refractivity contribution in [2.45, 2.75) is 29.5 Å². The lowest BCUT2D eigenvalue weighted by molar-refractivity contribution is -0.167. The molecular weight excluding hydrogens is 327 g/mol. The van der Waals surface area contributed by atoms with E-state index < -0.39 is 12.1 Å². The molecule has 0 unspecified atom stereocenters. The van der Waals surface area contributed by atoms with Crippen molar-refractivity contribution in [3.05, 3.63) is 24.0 Å². The summed E-state index contributed by atoms with van der Waals surface area (Å²) >= 11 is 2.28. The van der Waals surface area contributed by atoms with E-state index in [0.717, 1.165) is 23.5 Å². The summed E-state index contributed by atoms with van der Waals surface area (Å²) in [4.78, 5) is 18.5. The third kappa shape index (κ3) is 4.46. The van der Waals surface area contributed by atoms with E-state index >= 15 is 0 Å². The minimum atomic E-state index is -4.92. The Hall–Kier alpha value is -1.55. The van der Waals surface area contributed by atoms with E-state index in [4.69, 9.17) is 4.42 Å². The molecule has 0 spiro atoms. The maximum absolute atomic E-state index is 12.1. The molecule has 0 aliphatic carbocycles. The van der Waals surface area contributed by atoms with Crippen LogP contribution in [0.3, 0.4) is 0 Å². The smallest absolute Gasteiger partial charge is 0.445 e. The number of thiazole rings is 1. The second kappa shape index (κ2) is 6.48. The fourth-order valence-corrected chi connectivity index (χ4v) is 2.98. The van der Waals surface area contributed by atoms with Gasteiger partial charge in [-0.3, -0.25) is 10.1 Å². The molecule has 2 rings (SSSR count). The second-order valence-corrected chi connectivity index (χ2v) is 6.11. The van der Waals surface area contributed by atoms with Crippen LogP contribution in [0.5, 0.6) is 0 Å². The van der Waals surface area contributed by atoms with Crippen LogP contribution in [0, 0.1) is 0 Å². The van der Waals surface area contributed by atoms with Crippen molar-refractivity contribution < 1.29 is 22.4 Å². The van der Waals surface area contributed by atoms with Gasteiger partial charge in [0, 0.05) is 6.42 Å². The molecule has 1 N–H and O–H groups in total. The van der Waals surface area contributed by atoms with E-state index in [9.17, 15) is 18.0 Å². The third-order valence-corrected chi connectivity index (χ3v) is 4.34. The van der Waals surface area contributed by atoms with Gasteiger partial charge in [0.25, 0.3) is 0 Å². The van der Waals surface area contributed by atoms with Crippen LogP contribution >= 0.6 is 23.1 Å². The van der Waals surface area contributed by atoms with Crippen LogP contribution in [0.15, 0.2) is 21.0 Å². The van der Waals surface area contributed by atoms with Crippen LogP contribution in [0.4, 0.5) is 18.3 Å². The lowest BCUT2D eigenvalue weighted by Gasteiger charge is -2.03. The average Bonchev–Trinajstić information content (AvgIpc) is 3.03. The fraction of sp³-hybridized carbons (Fsp3) is 0.364. The monoisotopic (exact) mass is 337 g/mol. The molecule has 114 valence electrons. The van der Waals surface area contributed by atoms with Crippen LogP contribution in [0.2, 0.25) is 0 Å². The zero-order valence-electron chi connectivity index (χ0n) is 10.7. The number of aromatic nitrogens is 2. The van der Waals surface area contributed by atoms with Gasteiger partial charge in [0.1, 0.15) is 5.76 Å². The Kier molecular flexibility index (Phi) is 4.88. The number of alkyl halides is 3. The van der Waals surface area contributed by atoms with E-state index in [1.165, 1.54) is 18.0 Å². The van der Waals surface area contributed by atoms with Crippen molar-refractivity contribution in [1.29, 1.82) is 0 Å². The largest absolute Gasteiger partial charge is 0.471 e. The molecule has 2 heterocycles. The highest BCUT2D eigenvalue weighted by Crippen LogP contribution is 2.31. The van der Waals surface area contributed by atoms with Crippen molar-refractivity contribution in [2.75, 3.05) is 5.32 Å². The van der Waals surface area contributed by atoms with Gasteiger partial charge < -0.3 is 4.42 Å². The summed E-state index contributed by atoms with van der Waals surface area (Å²) in [5.74, 6) is -0.290. The maximum Gasteiger partial charge on any atom is 0.471 e. The van der Waals surface area contributed by atoms with Crippen LogP contribution < -0.4 is 5.32 Å². The van der Waals surface area contributed by atoms with Crippen molar-refractivity contribution in [3.8, 4) is 0 Å². The predicted octanol–water partition coefficient (Wildman–Crippen LogP) is 3.49. The Balaban J connectivity index is 1.89. The number of carbonyl (C=O) groups excluding carboxylic acids is 1. The second-order valence-electron chi connectivity index (χ2n) is 3.80. The normalized spacial score (nSPS) is 11.6. The Morgan fingerprint density at radius 2 is 2.19 bits per heavy atom. The standard InChI is InChI=1S/C11H10F3N3O2S2/c1-2-6-3-15-7(19-6)5-20-8-4-16-10(21-8)17-9(18)11(12,13)14/h3-4H,2,5H2,1H3,(H,16,17,18). The lowest BCUT2D eigenvalue weighted by atomic mass is 10.4. The molecule has 0 aliphatic heterocycles. The number of carbonyl (C=O) groups is 1. The van der Waals surface area contributed by atoms with Crippen molar-refractivity contribution >= 4 is 34.1 Å². The molecule has 2 aromatic heterocycles. The van der Waals surface area contributed by atoms with Gasteiger partial charge in [0.15, 0.2) is 5.13 Å². The van der Waals surface area contributed by atoms with Gasteiger partial charge in [-0.25, -0.2) is 9.97 Å². The Bertz CT molecular complexity index is 624. The van der Waals surface area contributed by atoms with Crippen LogP contribution in [0.25, 0.3) is 0 Å². The Morgan fingerprint density at radius 3 is 2.81 bits per heavy atom. The summed E-state index contributed by atoms with van der Waals surface area (Å²) in [5, 5.41) is 1.61. The highest BCUT2D eigenvalue weighted by atomic mass is 32.2. The summed E-state index contributed by atoms with van der Waals surface area (Å²) in [7, 11) is 0. The number of oxazole rings is 1. The molecule has 1 amide bonds. The number of hydrogen-bond acceptors (Lipinski definition) is 6. The summed E-state index contributed by atoms with van der Waals surface area (Å²) < 4.78 is 42.3. The van der Waals surface area contributed by atoms with E-state index in [2.05, 4.69) is 9.97 Å². The molecular formula is C11H10F3N3O2S2. The van der Waals surface area contributed by atoms with Gasteiger partial charge in [0.2, 0.25) is 5.89 Å². The average molecular weight is 337 g/mol. The van der Waals surface area contributed by atoms with Gasteiger partial charge in [0.05, 0.1) is 22.4 Å². The first-order valence-electron chi connectivity index (χ1n) is 5.79. The van der Waals surface area contributed by atoms with Crippen LogP contribution in [-0.4, -0.2) is 22.1 Å². The summed E-state index contributed by atoms with van der Waals surface area (Å²) in [6.07, 6.45) is -1.15. The Labute approximate surface area is 126 Å². The number of hydrogen-bond donors (Lipinski definition) is 1. The molecule has 0 saturated heterocycles. The highest BCUT2D eigenvalue weighted by molar-refractivity contribution is 8.00. The van der Waals surface area contributed by atoms with Crippen LogP contribution in [0.1, 0.15) is 18.6 Å². The van der Waals surface area contributed by atoms with E-state index in [0.29, 0.717) is 15.9 Å². The fourth-order valence-electron chi connectivity index (χ4n) is 1.26. The molecule has 0 radical (unpaired) electrons. The number of nitrogens with one attached hydrogen (secondary N) is 1. The van der Waals surface area contributed by atoms with E-state index in [1.807, 2.05) is 6.92 Å². The van der Waals surface area contributed by atoms with E-state index in [-0.39, 0.29) is 5.13 Å². The quantitative estimate of drug-likeness (QED) is 0.846.